The van der Waals surface area contributed by atoms with Gasteiger partial charge in [0, 0.05) is 13.6 Å². The molecule has 11 heavy (non-hydrogen) atoms. The minimum absolute atomic E-state index is 0.709. The monoisotopic (exact) mass is 154 g/mol. The fourth-order valence-electron chi connectivity index (χ4n) is 0.664. The van der Waals surface area contributed by atoms with Crippen LogP contribution in [0, 0.1) is 6.92 Å². The van der Waals surface area contributed by atoms with E-state index in [4.69, 9.17) is 0 Å². The lowest BCUT2D eigenvalue weighted by Gasteiger charge is -2.04. The minimum atomic E-state index is 0.709. The number of rotatable bonds is 6. The number of allylic oxidation sites excluding steroid dienone is 1. The summed E-state index contributed by atoms with van der Waals surface area (Å²) < 4.78 is 0. The van der Waals surface area contributed by atoms with E-state index in [0.29, 0.717) is 6.54 Å². The summed E-state index contributed by atoms with van der Waals surface area (Å²) in [4.78, 5) is 11.7. The Kier molecular flexibility index (Phi) is 6.79. The zero-order valence-corrected chi connectivity index (χ0v) is 7.12. The van der Waals surface area contributed by atoms with Crippen LogP contribution in [0.4, 0.5) is 0 Å². The summed E-state index contributed by atoms with van der Waals surface area (Å²) >= 11 is 0. The molecule has 0 aliphatic heterocycles. The summed E-state index contributed by atoms with van der Waals surface area (Å²) in [7, 11) is 1.76. The van der Waals surface area contributed by atoms with Crippen LogP contribution in [0.15, 0.2) is 12.2 Å². The quantitative estimate of drug-likeness (QED) is 0.323. The number of hydrogen-bond acceptors (Lipinski definition) is 1. The number of carbonyl (C=O) groups excluding carboxylic acids is 1. The van der Waals surface area contributed by atoms with Gasteiger partial charge in [-0.1, -0.05) is 25.5 Å². The largest absolute Gasteiger partial charge is 0.345 e. The number of hydrogen-bond donors (Lipinski definition) is 0. The zero-order valence-electron chi connectivity index (χ0n) is 7.12. The van der Waals surface area contributed by atoms with Crippen molar-refractivity contribution in [2.45, 2.75) is 19.3 Å². The maximum atomic E-state index is 10.1. The van der Waals surface area contributed by atoms with E-state index in [1.807, 2.05) is 6.08 Å². The van der Waals surface area contributed by atoms with Crippen LogP contribution in [0.2, 0.25) is 0 Å². The molecule has 0 unspecified atom stereocenters. The molecular weight excluding hydrogens is 138 g/mol. The molecule has 0 saturated heterocycles. The van der Waals surface area contributed by atoms with Gasteiger partial charge in [0.2, 0.25) is 6.41 Å². The number of amides is 1. The van der Waals surface area contributed by atoms with Crippen LogP contribution in [-0.4, -0.2) is 24.9 Å². The van der Waals surface area contributed by atoms with Gasteiger partial charge < -0.3 is 4.90 Å². The van der Waals surface area contributed by atoms with E-state index in [1.165, 1.54) is 0 Å². The molecule has 0 aliphatic rings. The third kappa shape index (κ3) is 7.10. The van der Waals surface area contributed by atoms with E-state index >= 15 is 0 Å². The molecule has 0 rings (SSSR count). The van der Waals surface area contributed by atoms with E-state index in [0.717, 1.165) is 25.7 Å². The Labute approximate surface area is 68.9 Å². The normalized spacial score (nSPS) is 10.4. The van der Waals surface area contributed by atoms with Crippen molar-refractivity contribution in [2.75, 3.05) is 13.6 Å². The number of nitrogens with zero attached hydrogens (tertiary/aromatic N) is 1. The van der Waals surface area contributed by atoms with Crippen LogP contribution in [0.25, 0.3) is 0 Å². The van der Waals surface area contributed by atoms with Crippen LogP contribution >= 0.6 is 0 Å². The Balaban J connectivity index is 3.21. The summed E-state index contributed by atoms with van der Waals surface area (Å²) in [6.07, 6.45) is 8.09. The summed E-state index contributed by atoms with van der Waals surface area (Å²) in [6, 6.07) is 0. The third-order valence-corrected chi connectivity index (χ3v) is 1.36. The van der Waals surface area contributed by atoms with Crippen molar-refractivity contribution in [1.82, 2.24) is 4.90 Å². The first-order chi connectivity index (χ1) is 5.31. The SMILES string of the molecule is [CH2]CCCC=CCN(C)C=O. The van der Waals surface area contributed by atoms with E-state index in [1.54, 1.807) is 11.9 Å². The van der Waals surface area contributed by atoms with Gasteiger partial charge in [0.05, 0.1) is 0 Å². The van der Waals surface area contributed by atoms with Crippen molar-refractivity contribution in [3.05, 3.63) is 19.1 Å². The molecule has 2 heteroatoms. The standard InChI is InChI=1S/C9H16NO/c1-3-4-5-6-7-8-10(2)9-11/h6-7,9H,1,3-5,8H2,2H3. The first-order valence-electron chi connectivity index (χ1n) is 3.91. The van der Waals surface area contributed by atoms with E-state index in [-0.39, 0.29) is 0 Å². The molecule has 0 bridgehead atoms. The molecule has 0 aromatic heterocycles. The van der Waals surface area contributed by atoms with E-state index in [9.17, 15) is 4.79 Å². The van der Waals surface area contributed by atoms with Gasteiger partial charge in [-0.05, 0) is 12.8 Å². The predicted octanol–water partition coefficient (Wildman–Crippen LogP) is 1.64. The summed E-state index contributed by atoms with van der Waals surface area (Å²) in [5.74, 6) is 0. The number of unbranched alkanes of at least 4 members (excludes halogenated alkanes) is 2. The Morgan fingerprint density at radius 3 is 2.73 bits per heavy atom. The lowest BCUT2D eigenvalue weighted by Crippen LogP contribution is -2.14. The fraction of sp³-hybridized carbons (Fsp3) is 0.556. The maximum absolute atomic E-state index is 10.1. The summed E-state index contributed by atoms with van der Waals surface area (Å²) in [6.45, 7) is 4.44. The molecule has 0 spiro atoms. The van der Waals surface area contributed by atoms with Gasteiger partial charge in [0.1, 0.15) is 0 Å². The molecule has 1 radical (unpaired) electrons. The molecule has 0 aromatic carbocycles. The second-order valence-corrected chi connectivity index (χ2v) is 2.51. The van der Waals surface area contributed by atoms with Crippen molar-refractivity contribution < 1.29 is 4.79 Å². The van der Waals surface area contributed by atoms with Gasteiger partial charge in [-0.25, -0.2) is 0 Å². The fourth-order valence-corrected chi connectivity index (χ4v) is 0.664. The highest BCUT2D eigenvalue weighted by Crippen LogP contribution is 1.94. The van der Waals surface area contributed by atoms with Crippen LogP contribution < -0.4 is 0 Å². The van der Waals surface area contributed by atoms with Crippen molar-refractivity contribution in [1.29, 1.82) is 0 Å². The number of likely N-dealkylation sites (N-methyl/N-ethyl adjacent to an activating group) is 1. The van der Waals surface area contributed by atoms with Gasteiger partial charge in [0.25, 0.3) is 0 Å². The molecule has 0 N–H and O–H groups in total. The second kappa shape index (κ2) is 7.32. The van der Waals surface area contributed by atoms with E-state index < -0.39 is 0 Å². The average Bonchev–Trinajstić information content (AvgIpc) is 2.04. The molecule has 0 heterocycles. The van der Waals surface area contributed by atoms with E-state index in [2.05, 4.69) is 13.0 Å². The Hall–Kier alpha value is -0.790. The zero-order chi connectivity index (χ0) is 8.53. The van der Waals surface area contributed by atoms with Crippen molar-refractivity contribution in [3.63, 3.8) is 0 Å². The Morgan fingerprint density at radius 1 is 1.45 bits per heavy atom. The lowest BCUT2D eigenvalue weighted by atomic mass is 10.2. The first-order valence-corrected chi connectivity index (χ1v) is 3.91. The summed E-state index contributed by atoms with van der Waals surface area (Å²) in [5.41, 5.74) is 0. The highest BCUT2D eigenvalue weighted by atomic mass is 16.1. The number of carbonyl (C=O) groups is 1. The molecule has 2 nitrogen and oxygen atoms in total. The molecular formula is C9H16NO. The van der Waals surface area contributed by atoms with Crippen LogP contribution in [0.3, 0.4) is 0 Å². The Bertz CT molecular complexity index is 121. The molecule has 0 atom stereocenters. The second-order valence-electron chi connectivity index (χ2n) is 2.51. The molecule has 0 saturated carbocycles. The van der Waals surface area contributed by atoms with Gasteiger partial charge in [-0.15, -0.1) is 0 Å². The topological polar surface area (TPSA) is 20.3 Å². The predicted molar refractivity (Wildman–Crippen MR) is 47.0 cm³/mol. The van der Waals surface area contributed by atoms with Gasteiger partial charge in [-0.3, -0.25) is 4.79 Å². The maximum Gasteiger partial charge on any atom is 0.209 e. The highest BCUT2D eigenvalue weighted by Gasteiger charge is 1.85. The van der Waals surface area contributed by atoms with Crippen molar-refractivity contribution in [2.24, 2.45) is 0 Å². The summed E-state index contributed by atoms with van der Waals surface area (Å²) in [5, 5.41) is 0. The average molecular weight is 154 g/mol. The van der Waals surface area contributed by atoms with Crippen molar-refractivity contribution in [3.8, 4) is 0 Å². The molecule has 0 aromatic rings. The van der Waals surface area contributed by atoms with Crippen LogP contribution in [0.5, 0.6) is 0 Å². The first kappa shape index (κ1) is 10.2. The lowest BCUT2D eigenvalue weighted by molar-refractivity contribution is -0.116. The third-order valence-electron chi connectivity index (χ3n) is 1.36. The highest BCUT2D eigenvalue weighted by molar-refractivity contribution is 5.46. The van der Waals surface area contributed by atoms with Crippen LogP contribution in [-0.2, 0) is 4.79 Å². The molecule has 1 amide bonds. The minimum Gasteiger partial charge on any atom is -0.345 e. The Morgan fingerprint density at radius 2 is 2.18 bits per heavy atom. The molecule has 0 aliphatic carbocycles. The van der Waals surface area contributed by atoms with Gasteiger partial charge in [0.15, 0.2) is 0 Å². The smallest absolute Gasteiger partial charge is 0.209 e. The van der Waals surface area contributed by atoms with Crippen LogP contribution in [0.1, 0.15) is 19.3 Å². The molecule has 0 fully saturated rings. The van der Waals surface area contributed by atoms with Gasteiger partial charge in [-0.2, -0.15) is 0 Å². The van der Waals surface area contributed by atoms with Gasteiger partial charge >= 0.3 is 0 Å². The van der Waals surface area contributed by atoms with Crippen molar-refractivity contribution >= 4 is 6.41 Å². The molecule has 63 valence electrons.